The molecule has 0 fully saturated rings. The zero-order valence-corrected chi connectivity index (χ0v) is 13.3. The summed E-state index contributed by atoms with van der Waals surface area (Å²) >= 11 is 3.52. The predicted octanol–water partition coefficient (Wildman–Crippen LogP) is 3.25. The molecule has 0 unspecified atom stereocenters. The Morgan fingerprint density at radius 1 is 1.20 bits per heavy atom. The van der Waals surface area contributed by atoms with Crippen molar-refractivity contribution in [1.29, 1.82) is 0 Å². The minimum atomic E-state index is 0.741. The maximum absolute atomic E-state index is 5.50. The van der Waals surface area contributed by atoms with Crippen molar-refractivity contribution in [2.75, 3.05) is 21.3 Å². The number of ether oxygens (including phenoxy) is 2. The van der Waals surface area contributed by atoms with Gasteiger partial charge in [-0.05, 0) is 46.7 Å². The number of aromatic nitrogens is 1. The number of halogens is 1. The van der Waals surface area contributed by atoms with Gasteiger partial charge in [-0.1, -0.05) is 0 Å². The highest BCUT2D eigenvalue weighted by Gasteiger charge is 2.14. The molecule has 1 N–H and O–H groups in total. The summed E-state index contributed by atoms with van der Waals surface area (Å²) in [6.45, 7) is 0.778. The predicted molar refractivity (Wildman–Crippen MR) is 83.2 cm³/mol. The van der Waals surface area contributed by atoms with E-state index in [0.717, 1.165) is 39.2 Å². The smallest absolute Gasteiger partial charge is 0.144 e. The minimum absolute atomic E-state index is 0.741. The summed E-state index contributed by atoms with van der Waals surface area (Å²) in [4.78, 5) is 4.29. The van der Waals surface area contributed by atoms with Crippen molar-refractivity contribution in [2.24, 2.45) is 0 Å². The Hall–Kier alpha value is -1.59. The Balaban J connectivity index is 2.52. The lowest BCUT2D eigenvalue weighted by molar-refractivity contribution is 0.390. The van der Waals surface area contributed by atoms with Gasteiger partial charge in [0.05, 0.1) is 14.2 Å². The summed E-state index contributed by atoms with van der Waals surface area (Å²) in [5, 5.41) is 3.12. The second kappa shape index (κ2) is 6.72. The molecular weight excluding hydrogens is 320 g/mol. The molecule has 2 aromatic rings. The van der Waals surface area contributed by atoms with Crippen LogP contribution in [0, 0.1) is 0 Å². The van der Waals surface area contributed by atoms with Crippen molar-refractivity contribution in [1.82, 2.24) is 10.3 Å². The molecule has 0 saturated heterocycles. The molecule has 5 heteroatoms. The van der Waals surface area contributed by atoms with Crippen molar-refractivity contribution < 1.29 is 9.47 Å². The largest absolute Gasteiger partial charge is 0.495 e. The average molecular weight is 337 g/mol. The van der Waals surface area contributed by atoms with E-state index in [1.165, 1.54) is 0 Å². The van der Waals surface area contributed by atoms with E-state index >= 15 is 0 Å². The number of nitrogens with zero attached hydrogens (tertiary/aromatic N) is 1. The molecule has 0 aliphatic heterocycles. The number of hydrogen-bond donors (Lipinski definition) is 1. The van der Waals surface area contributed by atoms with Crippen LogP contribution in [0.15, 0.2) is 35.1 Å². The van der Waals surface area contributed by atoms with Gasteiger partial charge in [0.1, 0.15) is 16.0 Å². The third-order valence-electron chi connectivity index (χ3n) is 2.97. The zero-order chi connectivity index (χ0) is 14.5. The fraction of sp³-hybridized carbons (Fsp3) is 0.267. The number of benzene rings is 1. The molecule has 2 rings (SSSR count). The Morgan fingerprint density at radius 3 is 2.65 bits per heavy atom. The Morgan fingerprint density at radius 2 is 2.00 bits per heavy atom. The summed E-state index contributed by atoms with van der Waals surface area (Å²) in [5.41, 5.74) is 3.11. The fourth-order valence-corrected chi connectivity index (χ4v) is 2.73. The Labute approximate surface area is 127 Å². The van der Waals surface area contributed by atoms with Crippen LogP contribution in [0.25, 0.3) is 11.1 Å². The van der Waals surface area contributed by atoms with Crippen LogP contribution < -0.4 is 14.8 Å². The number of methoxy groups -OCH3 is 2. The quantitative estimate of drug-likeness (QED) is 0.910. The average Bonchev–Trinajstić information content (AvgIpc) is 2.47. The van der Waals surface area contributed by atoms with Gasteiger partial charge in [0.2, 0.25) is 0 Å². The molecule has 0 atom stereocenters. The van der Waals surface area contributed by atoms with Gasteiger partial charge < -0.3 is 14.8 Å². The second-order valence-electron chi connectivity index (χ2n) is 4.27. The Kier molecular flexibility index (Phi) is 4.98. The van der Waals surface area contributed by atoms with Crippen molar-refractivity contribution in [3.63, 3.8) is 0 Å². The van der Waals surface area contributed by atoms with Crippen LogP contribution in [-0.4, -0.2) is 26.3 Å². The molecule has 0 aliphatic rings. The van der Waals surface area contributed by atoms with E-state index < -0.39 is 0 Å². The van der Waals surface area contributed by atoms with Gasteiger partial charge in [0, 0.05) is 30.1 Å². The van der Waals surface area contributed by atoms with E-state index in [1.807, 2.05) is 31.6 Å². The number of hydrogen-bond acceptors (Lipinski definition) is 4. The van der Waals surface area contributed by atoms with Crippen LogP contribution in [-0.2, 0) is 6.54 Å². The third kappa shape index (κ3) is 2.94. The fourth-order valence-electron chi connectivity index (χ4n) is 2.06. The van der Waals surface area contributed by atoms with Crippen LogP contribution in [0.1, 0.15) is 5.56 Å². The number of pyridine rings is 1. The van der Waals surface area contributed by atoms with Crippen LogP contribution in [0.3, 0.4) is 0 Å². The van der Waals surface area contributed by atoms with Crippen LogP contribution in [0.5, 0.6) is 11.5 Å². The molecule has 0 saturated carbocycles. The van der Waals surface area contributed by atoms with Gasteiger partial charge in [-0.15, -0.1) is 0 Å². The summed E-state index contributed by atoms with van der Waals surface area (Å²) in [6.07, 6.45) is 3.68. The molecule has 4 nitrogen and oxygen atoms in total. The molecule has 0 bridgehead atoms. The summed E-state index contributed by atoms with van der Waals surface area (Å²) in [5.74, 6) is 1.48. The summed E-state index contributed by atoms with van der Waals surface area (Å²) < 4.78 is 11.6. The molecule has 0 spiro atoms. The van der Waals surface area contributed by atoms with Crippen molar-refractivity contribution >= 4 is 15.9 Å². The molecule has 1 heterocycles. The van der Waals surface area contributed by atoms with Gasteiger partial charge in [0.25, 0.3) is 0 Å². The summed E-state index contributed by atoms with van der Waals surface area (Å²) in [6, 6.07) is 5.98. The van der Waals surface area contributed by atoms with Crippen LogP contribution in [0.4, 0.5) is 0 Å². The highest BCUT2D eigenvalue weighted by molar-refractivity contribution is 9.10. The van der Waals surface area contributed by atoms with Crippen LogP contribution in [0.2, 0.25) is 0 Å². The van der Waals surface area contributed by atoms with Gasteiger partial charge in [0.15, 0.2) is 0 Å². The molecule has 0 amide bonds. The van der Waals surface area contributed by atoms with E-state index in [0.29, 0.717) is 0 Å². The van der Waals surface area contributed by atoms with Crippen molar-refractivity contribution in [3.8, 4) is 22.6 Å². The van der Waals surface area contributed by atoms with Gasteiger partial charge >= 0.3 is 0 Å². The van der Waals surface area contributed by atoms with Gasteiger partial charge in [-0.2, -0.15) is 0 Å². The molecule has 1 aromatic carbocycles. The van der Waals surface area contributed by atoms with Crippen LogP contribution >= 0.6 is 15.9 Å². The molecular formula is C15H17BrN2O2. The first-order valence-corrected chi connectivity index (χ1v) is 7.00. The monoisotopic (exact) mass is 336 g/mol. The molecule has 20 heavy (non-hydrogen) atoms. The molecule has 106 valence electrons. The Bertz CT molecular complexity index is 602. The number of nitrogens with one attached hydrogen (secondary N) is 1. The SMILES string of the molecule is CNCc1cncc(-c2ccc(OC)c(Br)c2OC)c1. The lowest BCUT2D eigenvalue weighted by Crippen LogP contribution is -2.05. The van der Waals surface area contributed by atoms with E-state index in [-0.39, 0.29) is 0 Å². The normalized spacial score (nSPS) is 10.4. The molecule has 1 aromatic heterocycles. The maximum Gasteiger partial charge on any atom is 0.144 e. The van der Waals surface area contributed by atoms with Gasteiger partial charge in [-0.3, -0.25) is 4.98 Å². The first-order chi connectivity index (χ1) is 9.71. The van der Waals surface area contributed by atoms with E-state index in [2.05, 4.69) is 32.3 Å². The van der Waals surface area contributed by atoms with Gasteiger partial charge in [-0.25, -0.2) is 0 Å². The lowest BCUT2D eigenvalue weighted by atomic mass is 10.0. The van der Waals surface area contributed by atoms with Crippen molar-refractivity contribution in [2.45, 2.75) is 6.54 Å². The van der Waals surface area contributed by atoms with Crippen molar-refractivity contribution in [3.05, 3.63) is 40.6 Å². The lowest BCUT2D eigenvalue weighted by Gasteiger charge is -2.14. The van der Waals surface area contributed by atoms with E-state index in [1.54, 1.807) is 14.2 Å². The highest BCUT2D eigenvalue weighted by Crippen LogP contribution is 2.41. The molecule has 0 aliphatic carbocycles. The maximum atomic E-state index is 5.50. The second-order valence-corrected chi connectivity index (χ2v) is 5.07. The standard InChI is InChI=1S/C15H17BrN2O2/c1-17-7-10-6-11(9-18-8-10)12-4-5-13(19-2)14(16)15(12)20-3/h4-6,8-9,17H,7H2,1-3H3. The zero-order valence-electron chi connectivity index (χ0n) is 11.7. The first-order valence-electron chi connectivity index (χ1n) is 6.20. The molecule has 0 radical (unpaired) electrons. The first kappa shape index (κ1) is 14.8. The van der Waals surface area contributed by atoms with E-state index in [9.17, 15) is 0 Å². The van der Waals surface area contributed by atoms with E-state index in [4.69, 9.17) is 9.47 Å². The topological polar surface area (TPSA) is 43.4 Å². The highest BCUT2D eigenvalue weighted by atomic mass is 79.9. The number of rotatable bonds is 5. The summed E-state index contributed by atoms with van der Waals surface area (Å²) in [7, 11) is 5.19. The third-order valence-corrected chi connectivity index (χ3v) is 3.72. The minimum Gasteiger partial charge on any atom is -0.495 e.